The quantitative estimate of drug-likeness (QED) is 0.899. The number of fused-ring (bicyclic) bond motifs is 1. The first-order valence-corrected chi connectivity index (χ1v) is 6.82. The molecule has 3 rings (SSSR count). The van der Waals surface area contributed by atoms with Crippen molar-refractivity contribution >= 4 is 11.2 Å². The Labute approximate surface area is 107 Å². The van der Waals surface area contributed by atoms with E-state index < -0.39 is 0 Å². The molecule has 2 aromatic heterocycles. The molecule has 1 fully saturated rings. The molecule has 4 heteroatoms. The van der Waals surface area contributed by atoms with Crippen LogP contribution in [0.5, 0.6) is 0 Å². The van der Waals surface area contributed by atoms with Crippen LogP contribution in [0.1, 0.15) is 51.4 Å². The first-order valence-electron chi connectivity index (χ1n) is 6.82. The summed E-state index contributed by atoms with van der Waals surface area (Å²) in [7, 11) is 0. The molecule has 1 saturated carbocycles. The van der Waals surface area contributed by atoms with Gasteiger partial charge in [0.1, 0.15) is 11.3 Å². The minimum Gasteiger partial charge on any atom is -0.319 e. The molecule has 0 spiro atoms. The first kappa shape index (κ1) is 11.7. The maximum Gasteiger partial charge on any atom is 0.160 e. The molecule has 0 unspecified atom stereocenters. The average molecular weight is 244 g/mol. The summed E-state index contributed by atoms with van der Waals surface area (Å²) in [5.41, 5.74) is 8.17. The number of nitrogens with zero attached hydrogens (tertiary/aromatic N) is 3. The summed E-state index contributed by atoms with van der Waals surface area (Å²) in [4.78, 5) is 9.25. The maximum absolute atomic E-state index is 6.54. The van der Waals surface area contributed by atoms with Crippen LogP contribution in [0.15, 0.2) is 18.3 Å². The van der Waals surface area contributed by atoms with Gasteiger partial charge >= 0.3 is 0 Å². The highest BCUT2D eigenvalue weighted by atomic mass is 15.2. The second kappa shape index (κ2) is 4.05. The van der Waals surface area contributed by atoms with Gasteiger partial charge in [-0.05, 0) is 37.8 Å². The molecule has 0 amide bonds. The number of imidazole rings is 1. The number of nitrogens with two attached hydrogens (primary N) is 1. The summed E-state index contributed by atoms with van der Waals surface area (Å²) < 4.78 is 2.28. The molecular formula is C14H20N4. The van der Waals surface area contributed by atoms with E-state index in [1.54, 1.807) is 0 Å². The van der Waals surface area contributed by atoms with Gasteiger partial charge in [0.15, 0.2) is 5.65 Å². The van der Waals surface area contributed by atoms with Crippen LogP contribution in [0.25, 0.3) is 11.2 Å². The molecule has 2 heterocycles. The van der Waals surface area contributed by atoms with Crippen LogP contribution in [0.3, 0.4) is 0 Å². The molecule has 0 bridgehead atoms. The highest BCUT2D eigenvalue weighted by Crippen LogP contribution is 2.41. The largest absolute Gasteiger partial charge is 0.319 e. The Morgan fingerprint density at radius 1 is 1.39 bits per heavy atom. The molecule has 1 aliphatic carbocycles. The average Bonchev–Trinajstić information content (AvgIpc) is 3.17. The van der Waals surface area contributed by atoms with Crippen molar-refractivity contribution in [3.63, 3.8) is 0 Å². The summed E-state index contributed by atoms with van der Waals surface area (Å²) in [6.07, 6.45) is 6.08. The third-order valence-corrected chi connectivity index (χ3v) is 4.07. The van der Waals surface area contributed by atoms with E-state index in [-0.39, 0.29) is 5.54 Å². The van der Waals surface area contributed by atoms with Gasteiger partial charge in [-0.3, -0.25) is 0 Å². The normalized spacial score (nSPS) is 16.4. The van der Waals surface area contributed by atoms with Crippen molar-refractivity contribution in [2.75, 3.05) is 0 Å². The molecule has 0 radical (unpaired) electrons. The van der Waals surface area contributed by atoms with Gasteiger partial charge in [0.05, 0.1) is 5.54 Å². The molecule has 2 aromatic rings. The minimum atomic E-state index is -0.330. The Morgan fingerprint density at radius 2 is 2.11 bits per heavy atom. The van der Waals surface area contributed by atoms with Gasteiger partial charge in [0.25, 0.3) is 0 Å². The van der Waals surface area contributed by atoms with Crippen molar-refractivity contribution in [1.29, 1.82) is 0 Å². The lowest BCUT2D eigenvalue weighted by atomic mass is 9.93. The Balaban J connectivity index is 2.24. The fourth-order valence-electron chi connectivity index (χ4n) is 2.53. The smallest absolute Gasteiger partial charge is 0.160 e. The van der Waals surface area contributed by atoms with Crippen molar-refractivity contribution < 1.29 is 0 Å². The maximum atomic E-state index is 6.54. The van der Waals surface area contributed by atoms with Gasteiger partial charge in [-0.2, -0.15) is 0 Å². The Kier molecular flexibility index (Phi) is 2.63. The fourth-order valence-corrected chi connectivity index (χ4v) is 2.53. The SMILES string of the molecule is CCC(N)(CC)c1nc2cccnc2n1C1CC1. The molecular weight excluding hydrogens is 224 g/mol. The molecule has 1 aliphatic rings. The fraction of sp³-hybridized carbons (Fsp3) is 0.571. The third kappa shape index (κ3) is 1.63. The Hall–Kier alpha value is -1.42. The van der Waals surface area contributed by atoms with Crippen LogP contribution < -0.4 is 5.73 Å². The molecule has 0 aromatic carbocycles. The van der Waals surface area contributed by atoms with E-state index in [1.807, 2.05) is 18.3 Å². The van der Waals surface area contributed by atoms with Crippen LogP contribution in [0.2, 0.25) is 0 Å². The highest BCUT2D eigenvalue weighted by Gasteiger charge is 2.36. The number of hydrogen-bond donors (Lipinski definition) is 1. The van der Waals surface area contributed by atoms with E-state index in [0.29, 0.717) is 6.04 Å². The van der Waals surface area contributed by atoms with Crippen molar-refractivity contribution in [1.82, 2.24) is 14.5 Å². The van der Waals surface area contributed by atoms with E-state index in [0.717, 1.165) is 29.8 Å². The van der Waals surface area contributed by atoms with Gasteiger partial charge in [0, 0.05) is 12.2 Å². The minimum absolute atomic E-state index is 0.330. The molecule has 4 nitrogen and oxygen atoms in total. The predicted molar refractivity (Wildman–Crippen MR) is 72.2 cm³/mol. The van der Waals surface area contributed by atoms with Crippen LogP contribution in [0, 0.1) is 0 Å². The van der Waals surface area contributed by atoms with Crippen LogP contribution in [-0.2, 0) is 5.54 Å². The summed E-state index contributed by atoms with van der Waals surface area (Å²) >= 11 is 0. The van der Waals surface area contributed by atoms with Crippen molar-refractivity contribution in [3.05, 3.63) is 24.2 Å². The second-order valence-corrected chi connectivity index (χ2v) is 5.25. The van der Waals surface area contributed by atoms with E-state index >= 15 is 0 Å². The van der Waals surface area contributed by atoms with E-state index in [4.69, 9.17) is 10.7 Å². The standard InChI is InChI=1S/C14H20N4/c1-3-14(15,4-2)13-17-11-6-5-9-16-12(11)18(13)10-7-8-10/h5-6,9-10H,3-4,7-8,15H2,1-2H3. The van der Waals surface area contributed by atoms with E-state index in [2.05, 4.69) is 23.4 Å². The predicted octanol–water partition coefficient (Wildman–Crippen LogP) is 2.74. The molecule has 0 saturated heterocycles. The monoisotopic (exact) mass is 244 g/mol. The van der Waals surface area contributed by atoms with Gasteiger partial charge in [-0.25, -0.2) is 9.97 Å². The number of pyridine rings is 1. The lowest BCUT2D eigenvalue weighted by molar-refractivity contribution is 0.371. The molecule has 0 aliphatic heterocycles. The highest BCUT2D eigenvalue weighted by molar-refractivity contribution is 5.71. The molecule has 2 N–H and O–H groups in total. The first-order chi connectivity index (χ1) is 8.69. The third-order valence-electron chi connectivity index (χ3n) is 4.07. The summed E-state index contributed by atoms with van der Waals surface area (Å²) in [5.74, 6) is 1.02. The Morgan fingerprint density at radius 3 is 2.72 bits per heavy atom. The van der Waals surface area contributed by atoms with E-state index in [9.17, 15) is 0 Å². The number of hydrogen-bond acceptors (Lipinski definition) is 3. The lowest BCUT2D eigenvalue weighted by Gasteiger charge is -2.26. The van der Waals surface area contributed by atoms with Crippen molar-refractivity contribution in [2.24, 2.45) is 5.73 Å². The van der Waals surface area contributed by atoms with Crippen LogP contribution in [0.4, 0.5) is 0 Å². The van der Waals surface area contributed by atoms with Crippen molar-refractivity contribution in [3.8, 4) is 0 Å². The van der Waals surface area contributed by atoms with Gasteiger partial charge in [0.2, 0.25) is 0 Å². The van der Waals surface area contributed by atoms with Crippen LogP contribution >= 0.6 is 0 Å². The zero-order valence-corrected chi connectivity index (χ0v) is 11.1. The lowest BCUT2D eigenvalue weighted by Crippen LogP contribution is -2.38. The topological polar surface area (TPSA) is 56.7 Å². The molecule has 96 valence electrons. The molecule has 0 atom stereocenters. The molecule has 18 heavy (non-hydrogen) atoms. The number of rotatable bonds is 4. The Bertz CT molecular complexity index is 564. The number of aromatic nitrogens is 3. The van der Waals surface area contributed by atoms with Crippen molar-refractivity contribution in [2.45, 2.75) is 51.1 Å². The summed E-state index contributed by atoms with van der Waals surface area (Å²) in [5, 5.41) is 0. The van der Waals surface area contributed by atoms with Gasteiger partial charge in [-0.1, -0.05) is 13.8 Å². The summed E-state index contributed by atoms with van der Waals surface area (Å²) in [6, 6.07) is 4.52. The van der Waals surface area contributed by atoms with Crippen LogP contribution in [-0.4, -0.2) is 14.5 Å². The zero-order valence-electron chi connectivity index (χ0n) is 11.1. The van der Waals surface area contributed by atoms with Gasteiger partial charge in [-0.15, -0.1) is 0 Å². The van der Waals surface area contributed by atoms with Gasteiger partial charge < -0.3 is 10.3 Å². The zero-order chi connectivity index (χ0) is 12.8. The second-order valence-electron chi connectivity index (χ2n) is 5.25. The summed E-state index contributed by atoms with van der Waals surface area (Å²) in [6.45, 7) is 4.26. The van der Waals surface area contributed by atoms with E-state index in [1.165, 1.54) is 12.8 Å².